The molecule has 2 aromatic carbocycles. The van der Waals surface area contributed by atoms with Gasteiger partial charge >= 0.3 is 0 Å². The van der Waals surface area contributed by atoms with Crippen molar-refractivity contribution in [2.24, 2.45) is 0 Å². The first kappa shape index (κ1) is 13.0. The molecule has 0 fully saturated rings. The van der Waals surface area contributed by atoms with Crippen LogP contribution in [0.3, 0.4) is 0 Å². The van der Waals surface area contributed by atoms with Crippen molar-refractivity contribution >= 4 is 22.7 Å². The van der Waals surface area contributed by atoms with Crippen LogP contribution in [0.5, 0.6) is 0 Å². The van der Waals surface area contributed by atoms with E-state index < -0.39 is 0 Å². The summed E-state index contributed by atoms with van der Waals surface area (Å²) < 4.78 is 0. The van der Waals surface area contributed by atoms with E-state index >= 15 is 0 Å². The highest BCUT2D eigenvalue weighted by molar-refractivity contribution is 7.98. The first-order chi connectivity index (χ1) is 10.4. The smallest absolute Gasteiger partial charge is 0.0732 e. The highest BCUT2D eigenvalue weighted by atomic mass is 32.2. The maximum absolute atomic E-state index is 3.65. The highest BCUT2D eigenvalue weighted by Gasteiger charge is 2.24. The molecular weight excluding hydrogens is 276 g/mol. The number of fused-ring (bicyclic) bond motifs is 3. The van der Waals surface area contributed by atoms with Gasteiger partial charge in [0, 0.05) is 28.0 Å². The lowest BCUT2D eigenvalue weighted by Crippen LogP contribution is -2.30. The quantitative estimate of drug-likeness (QED) is 0.696. The summed E-state index contributed by atoms with van der Waals surface area (Å²) in [6.07, 6.45) is 3.21. The normalized spacial score (nSPS) is 17.9. The maximum Gasteiger partial charge on any atom is 0.0732 e. The molecule has 0 aliphatic carbocycles. The fraction of sp³-hybridized carbons (Fsp3) is 0.222. The van der Waals surface area contributed by atoms with Crippen molar-refractivity contribution in [1.82, 2.24) is 10.3 Å². The molecule has 0 radical (unpaired) electrons. The Balaban J connectivity index is 1.82. The number of hydrogen-bond acceptors (Lipinski definition) is 2. The summed E-state index contributed by atoms with van der Waals surface area (Å²) in [4.78, 5) is 4.94. The molecule has 4 rings (SSSR count). The van der Waals surface area contributed by atoms with E-state index in [-0.39, 0.29) is 6.04 Å². The number of rotatable bonds is 2. The fourth-order valence-corrected chi connectivity index (χ4v) is 3.67. The molecule has 0 saturated carbocycles. The third-order valence-corrected chi connectivity index (χ3v) is 5.05. The molecular formula is C18H18N2S. The molecule has 21 heavy (non-hydrogen) atoms. The summed E-state index contributed by atoms with van der Waals surface area (Å²) in [7, 11) is 0. The topological polar surface area (TPSA) is 27.8 Å². The molecule has 3 heteroatoms. The molecule has 0 saturated heterocycles. The van der Waals surface area contributed by atoms with Crippen molar-refractivity contribution in [2.45, 2.75) is 17.4 Å². The molecule has 1 aliphatic rings. The Bertz CT molecular complexity index is 774. The minimum atomic E-state index is 0.275. The predicted molar refractivity (Wildman–Crippen MR) is 90.1 cm³/mol. The van der Waals surface area contributed by atoms with Crippen LogP contribution in [-0.2, 0) is 6.42 Å². The molecule has 0 amide bonds. The Kier molecular flexibility index (Phi) is 3.24. The Morgan fingerprint density at radius 2 is 1.86 bits per heavy atom. The van der Waals surface area contributed by atoms with Gasteiger partial charge in [0.15, 0.2) is 0 Å². The number of aromatic amines is 1. The van der Waals surface area contributed by atoms with Crippen molar-refractivity contribution in [2.75, 3.05) is 12.8 Å². The van der Waals surface area contributed by atoms with Gasteiger partial charge in [0.1, 0.15) is 0 Å². The molecule has 0 unspecified atom stereocenters. The van der Waals surface area contributed by atoms with Crippen LogP contribution in [0, 0.1) is 0 Å². The number of H-pyrrole nitrogens is 1. The predicted octanol–water partition coefficient (Wildman–Crippen LogP) is 4.12. The number of nitrogens with one attached hydrogen (secondary N) is 2. The van der Waals surface area contributed by atoms with Gasteiger partial charge in [-0.05, 0) is 42.0 Å². The first-order valence-electron chi connectivity index (χ1n) is 7.33. The minimum Gasteiger partial charge on any atom is -0.357 e. The van der Waals surface area contributed by atoms with Gasteiger partial charge in [-0.25, -0.2) is 0 Å². The lowest BCUT2D eigenvalue weighted by atomic mass is 9.94. The average molecular weight is 294 g/mol. The molecule has 2 heterocycles. The van der Waals surface area contributed by atoms with E-state index in [9.17, 15) is 0 Å². The van der Waals surface area contributed by atoms with Crippen molar-refractivity contribution in [1.29, 1.82) is 0 Å². The van der Waals surface area contributed by atoms with Crippen LogP contribution in [0.2, 0.25) is 0 Å². The Hall–Kier alpha value is -1.71. The fourth-order valence-electron chi connectivity index (χ4n) is 3.26. The highest BCUT2D eigenvalue weighted by Crippen LogP contribution is 2.33. The summed E-state index contributed by atoms with van der Waals surface area (Å²) in [6, 6.07) is 17.8. The molecule has 2 N–H and O–H groups in total. The zero-order valence-electron chi connectivity index (χ0n) is 12.0. The monoisotopic (exact) mass is 294 g/mol. The van der Waals surface area contributed by atoms with Gasteiger partial charge in [0.25, 0.3) is 0 Å². The molecule has 1 atom stereocenters. The van der Waals surface area contributed by atoms with Crippen molar-refractivity contribution < 1.29 is 0 Å². The standard InChI is InChI=1S/C18H18N2S/c1-21-13-8-6-12(7-9-13)17-18-15(10-11-19-17)14-4-2-3-5-16(14)20-18/h2-9,17,19-20H,10-11H2,1H3/t17-/m1/s1. The first-order valence-corrected chi connectivity index (χ1v) is 8.56. The van der Waals surface area contributed by atoms with Crippen LogP contribution < -0.4 is 5.32 Å². The van der Waals surface area contributed by atoms with Crippen LogP contribution >= 0.6 is 11.8 Å². The van der Waals surface area contributed by atoms with E-state index in [0.29, 0.717) is 0 Å². The van der Waals surface area contributed by atoms with Crippen molar-refractivity contribution in [3.8, 4) is 0 Å². The van der Waals surface area contributed by atoms with Gasteiger partial charge in [-0.2, -0.15) is 0 Å². The van der Waals surface area contributed by atoms with Crippen LogP contribution in [-0.4, -0.2) is 17.8 Å². The van der Waals surface area contributed by atoms with Crippen LogP contribution in [0.25, 0.3) is 10.9 Å². The summed E-state index contributed by atoms with van der Waals surface area (Å²) in [6.45, 7) is 1.03. The second-order valence-electron chi connectivity index (χ2n) is 5.47. The van der Waals surface area contributed by atoms with Gasteiger partial charge in [-0.3, -0.25) is 0 Å². The van der Waals surface area contributed by atoms with E-state index in [2.05, 4.69) is 65.1 Å². The molecule has 3 aromatic rings. The van der Waals surface area contributed by atoms with E-state index in [1.165, 1.54) is 32.6 Å². The number of para-hydroxylation sites is 1. The summed E-state index contributed by atoms with van der Waals surface area (Å²) in [5, 5.41) is 5.03. The lowest BCUT2D eigenvalue weighted by molar-refractivity contribution is 0.560. The van der Waals surface area contributed by atoms with E-state index in [1.54, 1.807) is 11.8 Å². The van der Waals surface area contributed by atoms with Gasteiger partial charge in [0.05, 0.1) is 6.04 Å². The molecule has 1 aliphatic heterocycles. The summed E-state index contributed by atoms with van der Waals surface area (Å²) in [5.74, 6) is 0. The molecule has 0 spiro atoms. The number of thioether (sulfide) groups is 1. The Morgan fingerprint density at radius 1 is 1.05 bits per heavy atom. The van der Waals surface area contributed by atoms with Crippen molar-refractivity contribution in [3.63, 3.8) is 0 Å². The zero-order valence-corrected chi connectivity index (χ0v) is 12.8. The maximum atomic E-state index is 3.65. The van der Waals surface area contributed by atoms with Gasteiger partial charge < -0.3 is 10.3 Å². The number of hydrogen-bond donors (Lipinski definition) is 2. The Morgan fingerprint density at radius 3 is 2.67 bits per heavy atom. The minimum absolute atomic E-state index is 0.275. The third kappa shape index (κ3) is 2.17. The second-order valence-corrected chi connectivity index (χ2v) is 6.35. The van der Waals surface area contributed by atoms with Crippen LogP contribution in [0.1, 0.15) is 22.9 Å². The van der Waals surface area contributed by atoms with E-state index in [4.69, 9.17) is 0 Å². The molecule has 2 nitrogen and oxygen atoms in total. The van der Waals surface area contributed by atoms with Crippen molar-refractivity contribution in [3.05, 3.63) is 65.4 Å². The summed E-state index contributed by atoms with van der Waals surface area (Å²) in [5.41, 5.74) is 5.39. The third-order valence-electron chi connectivity index (χ3n) is 4.31. The lowest BCUT2D eigenvalue weighted by Gasteiger charge is -2.25. The van der Waals surface area contributed by atoms with Crippen LogP contribution in [0.15, 0.2) is 53.4 Å². The number of aromatic nitrogens is 1. The zero-order chi connectivity index (χ0) is 14.2. The molecule has 106 valence electrons. The van der Waals surface area contributed by atoms with Crippen LogP contribution in [0.4, 0.5) is 0 Å². The van der Waals surface area contributed by atoms with Gasteiger partial charge in [-0.1, -0.05) is 30.3 Å². The average Bonchev–Trinajstić information content (AvgIpc) is 2.94. The molecule has 0 bridgehead atoms. The van der Waals surface area contributed by atoms with Gasteiger partial charge in [-0.15, -0.1) is 11.8 Å². The van der Waals surface area contributed by atoms with Gasteiger partial charge in [0.2, 0.25) is 0 Å². The second kappa shape index (κ2) is 5.24. The molecule has 1 aromatic heterocycles. The Labute approximate surface area is 129 Å². The summed E-state index contributed by atoms with van der Waals surface area (Å²) >= 11 is 1.79. The SMILES string of the molecule is CSc1ccc([C@H]2NCCc3c2[nH]c2ccccc32)cc1. The number of benzene rings is 2. The largest absolute Gasteiger partial charge is 0.357 e. The van der Waals surface area contributed by atoms with E-state index in [0.717, 1.165) is 13.0 Å². The van der Waals surface area contributed by atoms with E-state index in [1.807, 2.05) is 0 Å².